The summed E-state index contributed by atoms with van der Waals surface area (Å²) in [7, 11) is 0. The molecule has 1 fully saturated rings. The molecule has 1 aliphatic rings. The molecule has 1 aromatic carbocycles. The fourth-order valence-electron chi connectivity index (χ4n) is 2.54. The Kier molecular flexibility index (Phi) is 3.77. The van der Waals surface area contributed by atoms with Crippen LogP contribution in [0, 0.1) is 0 Å². The first kappa shape index (κ1) is 13.5. The molecule has 0 unspecified atom stereocenters. The molecule has 0 radical (unpaired) electrons. The van der Waals surface area contributed by atoms with Crippen LogP contribution in [0.4, 0.5) is 0 Å². The average molecular weight is 284 g/mol. The van der Waals surface area contributed by atoms with Crippen molar-refractivity contribution in [3.63, 3.8) is 0 Å². The lowest BCUT2D eigenvalue weighted by Crippen LogP contribution is -2.24. The van der Waals surface area contributed by atoms with Gasteiger partial charge in [0.1, 0.15) is 0 Å². The number of carbonyl (C=O) groups excluding carboxylic acids is 1. The van der Waals surface area contributed by atoms with E-state index in [9.17, 15) is 9.59 Å². The van der Waals surface area contributed by atoms with Gasteiger partial charge in [0.15, 0.2) is 5.69 Å². The van der Waals surface area contributed by atoms with Gasteiger partial charge < -0.3 is 0 Å². The Balaban J connectivity index is 1.88. The topological polar surface area (TPSA) is 87.2 Å². The SMILES string of the molecule is O=C(NN=C1CCCCC1)c1n[nH]c(=O)c2ccccc12. The van der Waals surface area contributed by atoms with Gasteiger partial charge in [-0.3, -0.25) is 9.59 Å². The molecule has 0 aliphatic heterocycles. The van der Waals surface area contributed by atoms with Crippen LogP contribution in [0.1, 0.15) is 42.6 Å². The van der Waals surface area contributed by atoms with E-state index in [0.717, 1.165) is 31.4 Å². The lowest BCUT2D eigenvalue weighted by Gasteiger charge is -2.12. The van der Waals surface area contributed by atoms with Crippen LogP contribution in [0.2, 0.25) is 0 Å². The molecule has 0 bridgehead atoms. The van der Waals surface area contributed by atoms with Crippen molar-refractivity contribution in [2.24, 2.45) is 5.10 Å². The maximum absolute atomic E-state index is 12.2. The number of hydrazone groups is 1. The molecule has 1 amide bonds. The third-order valence-corrected chi connectivity index (χ3v) is 3.66. The second kappa shape index (κ2) is 5.87. The van der Waals surface area contributed by atoms with Crippen LogP contribution in [0.3, 0.4) is 0 Å². The van der Waals surface area contributed by atoms with E-state index in [1.54, 1.807) is 24.3 Å². The summed E-state index contributed by atoms with van der Waals surface area (Å²) in [5.74, 6) is -0.402. The van der Waals surface area contributed by atoms with Gasteiger partial charge >= 0.3 is 0 Å². The minimum atomic E-state index is -0.402. The highest BCUT2D eigenvalue weighted by atomic mass is 16.2. The number of amides is 1. The van der Waals surface area contributed by atoms with Crippen LogP contribution in [-0.4, -0.2) is 21.8 Å². The molecule has 1 saturated carbocycles. The highest BCUT2D eigenvalue weighted by Gasteiger charge is 2.14. The summed E-state index contributed by atoms with van der Waals surface area (Å²) in [5, 5.41) is 11.3. The first-order chi connectivity index (χ1) is 10.3. The predicted molar refractivity (Wildman–Crippen MR) is 80.3 cm³/mol. The monoisotopic (exact) mass is 284 g/mol. The molecule has 2 aromatic rings. The summed E-state index contributed by atoms with van der Waals surface area (Å²) in [6, 6.07) is 6.90. The van der Waals surface area contributed by atoms with Gasteiger partial charge in [0, 0.05) is 11.1 Å². The summed E-state index contributed by atoms with van der Waals surface area (Å²) in [6.07, 6.45) is 5.32. The number of carbonyl (C=O) groups is 1. The zero-order valence-electron chi connectivity index (χ0n) is 11.6. The van der Waals surface area contributed by atoms with Crippen molar-refractivity contribution in [3.8, 4) is 0 Å². The Morgan fingerprint density at radius 2 is 1.86 bits per heavy atom. The van der Waals surface area contributed by atoms with Crippen molar-refractivity contribution in [3.05, 3.63) is 40.3 Å². The van der Waals surface area contributed by atoms with E-state index in [1.807, 2.05) is 0 Å². The lowest BCUT2D eigenvalue weighted by molar-refractivity contribution is 0.0950. The van der Waals surface area contributed by atoms with E-state index >= 15 is 0 Å². The van der Waals surface area contributed by atoms with Crippen molar-refractivity contribution >= 4 is 22.4 Å². The number of aromatic amines is 1. The first-order valence-corrected chi connectivity index (χ1v) is 7.09. The van der Waals surface area contributed by atoms with E-state index < -0.39 is 5.91 Å². The van der Waals surface area contributed by atoms with Crippen LogP contribution >= 0.6 is 0 Å². The summed E-state index contributed by atoms with van der Waals surface area (Å²) in [5.41, 5.74) is 3.44. The highest BCUT2D eigenvalue weighted by molar-refractivity contribution is 6.05. The van der Waals surface area contributed by atoms with E-state index in [-0.39, 0.29) is 11.3 Å². The summed E-state index contributed by atoms with van der Waals surface area (Å²) < 4.78 is 0. The molecule has 108 valence electrons. The number of nitrogens with zero attached hydrogens (tertiary/aromatic N) is 2. The Bertz CT molecular complexity index is 756. The molecular weight excluding hydrogens is 268 g/mol. The van der Waals surface area contributed by atoms with Gasteiger partial charge in [-0.15, -0.1) is 0 Å². The van der Waals surface area contributed by atoms with Gasteiger partial charge in [0.05, 0.1) is 5.39 Å². The van der Waals surface area contributed by atoms with E-state index in [0.29, 0.717) is 10.8 Å². The zero-order valence-corrected chi connectivity index (χ0v) is 11.6. The minimum Gasteiger partial charge on any atom is -0.267 e. The van der Waals surface area contributed by atoms with Crippen LogP contribution in [0.5, 0.6) is 0 Å². The van der Waals surface area contributed by atoms with E-state index in [2.05, 4.69) is 20.7 Å². The van der Waals surface area contributed by atoms with Crippen LogP contribution in [0.25, 0.3) is 10.8 Å². The third-order valence-electron chi connectivity index (χ3n) is 3.66. The molecule has 3 rings (SSSR count). The smallest absolute Gasteiger partial charge is 0.267 e. The molecule has 0 saturated heterocycles. The van der Waals surface area contributed by atoms with E-state index in [1.165, 1.54) is 6.42 Å². The fourth-order valence-corrected chi connectivity index (χ4v) is 2.54. The van der Waals surface area contributed by atoms with Gasteiger partial charge in [-0.2, -0.15) is 10.2 Å². The number of benzene rings is 1. The highest BCUT2D eigenvalue weighted by Crippen LogP contribution is 2.15. The van der Waals surface area contributed by atoms with Gasteiger partial charge in [-0.05, 0) is 31.7 Å². The molecule has 6 nitrogen and oxygen atoms in total. The average Bonchev–Trinajstić information content (AvgIpc) is 2.54. The van der Waals surface area contributed by atoms with Gasteiger partial charge in [0.2, 0.25) is 0 Å². The zero-order chi connectivity index (χ0) is 14.7. The third kappa shape index (κ3) is 2.84. The number of rotatable bonds is 2. The Hall–Kier alpha value is -2.50. The molecule has 1 aromatic heterocycles. The van der Waals surface area contributed by atoms with Crippen molar-refractivity contribution in [2.45, 2.75) is 32.1 Å². The maximum atomic E-state index is 12.2. The molecule has 6 heteroatoms. The molecule has 1 heterocycles. The van der Waals surface area contributed by atoms with Crippen molar-refractivity contribution in [1.82, 2.24) is 15.6 Å². The molecule has 1 aliphatic carbocycles. The van der Waals surface area contributed by atoms with Crippen LogP contribution in [0.15, 0.2) is 34.2 Å². The van der Waals surface area contributed by atoms with Gasteiger partial charge in [0.25, 0.3) is 11.5 Å². The number of aromatic nitrogens is 2. The summed E-state index contributed by atoms with van der Waals surface area (Å²) in [6.45, 7) is 0. The second-order valence-electron chi connectivity index (χ2n) is 5.13. The number of hydrogen-bond donors (Lipinski definition) is 2. The summed E-state index contributed by atoms with van der Waals surface area (Å²) >= 11 is 0. The Morgan fingerprint density at radius 3 is 2.62 bits per heavy atom. The molecular formula is C15H16N4O2. The largest absolute Gasteiger partial charge is 0.292 e. The molecule has 0 spiro atoms. The van der Waals surface area contributed by atoms with Crippen LogP contribution in [-0.2, 0) is 0 Å². The number of fused-ring (bicyclic) bond motifs is 1. The molecule has 21 heavy (non-hydrogen) atoms. The van der Waals surface area contributed by atoms with Crippen LogP contribution < -0.4 is 11.0 Å². The number of H-pyrrole nitrogens is 1. The molecule has 0 atom stereocenters. The molecule has 2 N–H and O–H groups in total. The van der Waals surface area contributed by atoms with Gasteiger partial charge in [-0.25, -0.2) is 10.5 Å². The maximum Gasteiger partial charge on any atom is 0.292 e. The van der Waals surface area contributed by atoms with Crippen molar-refractivity contribution in [2.75, 3.05) is 0 Å². The standard InChI is InChI=1S/C15H16N4O2/c20-14-12-9-5-4-8-11(12)13(17-18-14)15(21)19-16-10-6-2-1-3-7-10/h4-5,8-9H,1-3,6-7H2,(H,18,20)(H,19,21). The minimum absolute atomic E-state index is 0.186. The first-order valence-electron chi connectivity index (χ1n) is 7.09. The number of nitrogens with one attached hydrogen (secondary N) is 2. The Labute approximate surface area is 121 Å². The van der Waals surface area contributed by atoms with Crippen molar-refractivity contribution in [1.29, 1.82) is 0 Å². The second-order valence-corrected chi connectivity index (χ2v) is 5.13. The fraction of sp³-hybridized carbons (Fsp3) is 0.333. The number of hydrogen-bond acceptors (Lipinski definition) is 4. The van der Waals surface area contributed by atoms with E-state index in [4.69, 9.17) is 0 Å². The Morgan fingerprint density at radius 1 is 1.14 bits per heavy atom. The van der Waals surface area contributed by atoms with Crippen molar-refractivity contribution < 1.29 is 4.79 Å². The summed E-state index contributed by atoms with van der Waals surface area (Å²) in [4.78, 5) is 23.9. The lowest BCUT2D eigenvalue weighted by atomic mass is 9.99. The quantitative estimate of drug-likeness (QED) is 0.826. The predicted octanol–water partition coefficient (Wildman–Crippen LogP) is 1.97. The van der Waals surface area contributed by atoms with Gasteiger partial charge in [-0.1, -0.05) is 24.6 Å². The normalized spacial score (nSPS) is 15.0.